The van der Waals surface area contributed by atoms with Gasteiger partial charge in [-0.05, 0) is 44.2 Å². The van der Waals surface area contributed by atoms with Gasteiger partial charge in [0.25, 0.3) is 0 Å². The first-order chi connectivity index (χ1) is 14.2. The van der Waals surface area contributed by atoms with Crippen LogP contribution in [0.3, 0.4) is 0 Å². The number of aliphatic imine (C=N–C) groups is 1. The van der Waals surface area contributed by atoms with Crippen LogP contribution < -0.4 is 10.1 Å². The molecule has 1 aromatic rings. The Morgan fingerprint density at radius 3 is 2.79 bits per heavy atom. The Morgan fingerprint density at radius 1 is 1.24 bits per heavy atom. The van der Waals surface area contributed by atoms with Crippen molar-refractivity contribution in [3.8, 4) is 5.75 Å². The Morgan fingerprint density at radius 2 is 2.07 bits per heavy atom. The smallest absolute Gasteiger partial charge is 0.193 e. The minimum Gasteiger partial charge on any atom is -0.490 e. The van der Waals surface area contributed by atoms with Gasteiger partial charge in [0.15, 0.2) is 5.96 Å². The standard InChI is InChI=1S/C21H31Cl2N3O3/c1-24-21(25-10-14-28-19-7-4-6-18(22)20(19)23)26-11-8-16(9-12-26)29-15-17-5-2-3-13-27-17/h4,6-7,16-17H,2-3,5,8-15H2,1H3,(H,24,25). The number of nitrogens with one attached hydrogen (secondary N) is 1. The van der Waals surface area contributed by atoms with Gasteiger partial charge in [0.2, 0.25) is 0 Å². The molecular weight excluding hydrogens is 413 g/mol. The van der Waals surface area contributed by atoms with Crippen LogP contribution in [0.25, 0.3) is 0 Å². The van der Waals surface area contributed by atoms with Crippen LogP contribution >= 0.6 is 23.2 Å². The SMILES string of the molecule is CN=C(NCCOc1cccc(Cl)c1Cl)N1CCC(OCC2CCCCO2)CC1. The fraction of sp³-hybridized carbons (Fsp3) is 0.667. The van der Waals surface area contributed by atoms with E-state index >= 15 is 0 Å². The second-order valence-electron chi connectivity index (χ2n) is 7.38. The molecule has 0 spiro atoms. The Hall–Kier alpha value is -1.21. The fourth-order valence-corrected chi connectivity index (χ4v) is 4.01. The fourth-order valence-electron chi connectivity index (χ4n) is 3.67. The van der Waals surface area contributed by atoms with Crippen LogP contribution in [-0.4, -0.2) is 69.6 Å². The van der Waals surface area contributed by atoms with E-state index in [1.54, 1.807) is 13.1 Å². The number of guanidine groups is 1. The summed E-state index contributed by atoms with van der Waals surface area (Å²) in [4.78, 5) is 6.67. The summed E-state index contributed by atoms with van der Waals surface area (Å²) in [5.74, 6) is 1.48. The van der Waals surface area contributed by atoms with E-state index in [4.69, 9.17) is 37.4 Å². The van der Waals surface area contributed by atoms with E-state index in [1.165, 1.54) is 12.8 Å². The van der Waals surface area contributed by atoms with Crippen LogP contribution in [-0.2, 0) is 9.47 Å². The Balaban J connectivity index is 1.34. The van der Waals surface area contributed by atoms with Gasteiger partial charge in [-0.15, -0.1) is 0 Å². The lowest BCUT2D eigenvalue weighted by Gasteiger charge is -2.35. The van der Waals surface area contributed by atoms with Gasteiger partial charge in [0.05, 0.1) is 30.4 Å². The van der Waals surface area contributed by atoms with Crippen LogP contribution in [0.5, 0.6) is 5.75 Å². The van der Waals surface area contributed by atoms with Gasteiger partial charge in [0, 0.05) is 26.7 Å². The zero-order valence-electron chi connectivity index (χ0n) is 17.0. The van der Waals surface area contributed by atoms with Crippen LogP contribution in [0, 0.1) is 0 Å². The number of piperidine rings is 1. The highest BCUT2D eigenvalue weighted by atomic mass is 35.5. The Bertz CT molecular complexity index is 661. The number of hydrogen-bond donors (Lipinski definition) is 1. The number of halogens is 2. The quantitative estimate of drug-likeness (QED) is 0.392. The van der Waals surface area contributed by atoms with Crippen LogP contribution in [0.2, 0.25) is 10.0 Å². The summed E-state index contributed by atoms with van der Waals surface area (Å²) in [5.41, 5.74) is 0. The average Bonchev–Trinajstić information content (AvgIpc) is 2.76. The highest BCUT2D eigenvalue weighted by molar-refractivity contribution is 6.42. The van der Waals surface area contributed by atoms with Crippen LogP contribution in [0.15, 0.2) is 23.2 Å². The van der Waals surface area contributed by atoms with Crippen LogP contribution in [0.4, 0.5) is 0 Å². The predicted octanol–water partition coefficient (Wildman–Crippen LogP) is 4.00. The van der Waals surface area contributed by atoms with E-state index in [-0.39, 0.29) is 6.10 Å². The number of rotatable bonds is 7. The summed E-state index contributed by atoms with van der Waals surface area (Å²) in [6.45, 7) is 4.56. The maximum atomic E-state index is 6.14. The molecule has 1 N–H and O–H groups in total. The molecule has 0 radical (unpaired) electrons. The van der Waals surface area contributed by atoms with E-state index in [2.05, 4.69) is 15.2 Å². The number of benzene rings is 1. The molecule has 1 unspecified atom stereocenters. The summed E-state index contributed by atoms with van der Waals surface area (Å²) in [6, 6.07) is 5.38. The highest BCUT2D eigenvalue weighted by Gasteiger charge is 2.23. The van der Waals surface area contributed by atoms with Crippen molar-refractivity contribution in [1.82, 2.24) is 10.2 Å². The maximum Gasteiger partial charge on any atom is 0.193 e. The van der Waals surface area contributed by atoms with Crippen molar-refractivity contribution in [2.45, 2.75) is 44.3 Å². The van der Waals surface area contributed by atoms with Crippen molar-refractivity contribution in [3.63, 3.8) is 0 Å². The third kappa shape index (κ3) is 6.92. The zero-order valence-corrected chi connectivity index (χ0v) is 18.6. The monoisotopic (exact) mass is 443 g/mol. The molecule has 2 aliphatic heterocycles. The van der Waals surface area contributed by atoms with Gasteiger partial charge in [-0.1, -0.05) is 29.3 Å². The molecule has 8 heteroatoms. The van der Waals surface area contributed by atoms with Crippen molar-refractivity contribution in [3.05, 3.63) is 28.2 Å². The van der Waals surface area contributed by atoms with Gasteiger partial charge in [-0.2, -0.15) is 0 Å². The highest BCUT2D eigenvalue weighted by Crippen LogP contribution is 2.31. The molecule has 3 rings (SSSR count). The lowest BCUT2D eigenvalue weighted by molar-refractivity contribution is -0.0721. The van der Waals surface area contributed by atoms with E-state index in [9.17, 15) is 0 Å². The molecule has 0 saturated carbocycles. The molecule has 0 bridgehead atoms. The summed E-state index contributed by atoms with van der Waals surface area (Å²) in [6.07, 6.45) is 6.15. The van der Waals surface area contributed by atoms with E-state index in [1.807, 2.05) is 12.1 Å². The molecule has 2 heterocycles. The molecule has 0 aromatic heterocycles. The number of hydrogen-bond acceptors (Lipinski definition) is 4. The van der Waals surface area contributed by atoms with Crippen molar-refractivity contribution in [2.75, 3.05) is 46.5 Å². The first-order valence-corrected chi connectivity index (χ1v) is 11.2. The molecule has 1 aromatic carbocycles. The van der Waals surface area contributed by atoms with Crippen molar-refractivity contribution >= 4 is 29.2 Å². The number of ether oxygens (including phenoxy) is 3. The van der Waals surface area contributed by atoms with Gasteiger partial charge in [0.1, 0.15) is 17.4 Å². The third-order valence-electron chi connectivity index (χ3n) is 5.30. The van der Waals surface area contributed by atoms with Crippen LogP contribution in [0.1, 0.15) is 32.1 Å². The molecule has 6 nitrogen and oxygen atoms in total. The summed E-state index contributed by atoms with van der Waals surface area (Å²) >= 11 is 12.2. The number of likely N-dealkylation sites (tertiary alicyclic amines) is 1. The minimum atomic E-state index is 0.282. The molecule has 162 valence electrons. The van der Waals surface area contributed by atoms with Gasteiger partial charge < -0.3 is 24.4 Å². The molecule has 1 atom stereocenters. The first kappa shape index (κ1) is 22.5. The Labute approximate surface area is 183 Å². The second-order valence-corrected chi connectivity index (χ2v) is 8.17. The Kier molecular flexibility index (Phi) is 9.18. The van der Waals surface area contributed by atoms with Gasteiger partial charge in [-0.25, -0.2) is 0 Å². The number of nitrogens with zero attached hydrogens (tertiary/aromatic N) is 2. The third-order valence-corrected chi connectivity index (χ3v) is 6.11. The molecule has 0 amide bonds. The van der Waals surface area contributed by atoms with Crippen molar-refractivity contribution in [2.24, 2.45) is 4.99 Å². The van der Waals surface area contributed by atoms with E-state index in [0.717, 1.165) is 51.5 Å². The molecule has 2 aliphatic rings. The van der Waals surface area contributed by atoms with Gasteiger partial charge in [-0.3, -0.25) is 4.99 Å². The topological polar surface area (TPSA) is 55.3 Å². The average molecular weight is 444 g/mol. The first-order valence-electron chi connectivity index (χ1n) is 10.4. The molecule has 29 heavy (non-hydrogen) atoms. The molecular formula is C21H31Cl2N3O3. The predicted molar refractivity (Wildman–Crippen MR) is 117 cm³/mol. The summed E-state index contributed by atoms with van der Waals surface area (Å²) < 4.78 is 17.6. The zero-order chi connectivity index (χ0) is 20.5. The summed E-state index contributed by atoms with van der Waals surface area (Å²) in [5, 5.41) is 4.29. The van der Waals surface area contributed by atoms with Crippen molar-refractivity contribution in [1.29, 1.82) is 0 Å². The lowest BCUT2D eigenvalue weighted by atomic mass is 10.1. The largest absolute Gasteiger partial charge is 0.490 e. The van der Waals surface area contributed by atoms with E-state index < -0.39 is 0 Å². The minimum absolute atomic E-state index is 0.282. The van der Waals surface area contributed by atoms with Gasteiger partial charge >= 0.3 is 0 Å². The van der Waals surface area contributed by atoms with Crippen molar-refractivity contribution < 1.29 is 14.2 Å². The molecule has 2 saturated heterocycles. The molecule has 2 fully saturated rings. The molecule has 0 aliphatic carbocycles. The maximum absolute atomic E-state index is 6.14. The van der Waals surface area contributed by atoms with E-state index in [0.29, 0.717) is 35.1 Å². The second kappa shape index (κ2) is 11.8. The lowest BCUT2D eigenvalue weighted by Crippen LogP contribution is -2.48. The summed E-state index contributed by atoms with van der Waals surface area (Å²) in [7, 11) is 1.81. The normalized spacial score (nSPS) is 21.3.